The van der Waals surface area contributed by atoms with Gasteiger partial charge in [-0.05, 0) is 70.5 Å². The number of aliphatic hydroxyl groups excluding tert-OH is 1. The van der Waals surface area contributed by atoms with Gasteiger partial charge < -0.3 is 29.7 Å². The zero-order valence-electron chi connectivity index (χ0n) is 25.6. The highest BCUT2D eigenvalue weighted by molar-refractivity contribution is 5.87. The molecule has 0 bridgehead atoms. The number of fused-ring (bicyclic) bond motifs is 2. The van der Waals surface area contributed by atoms with Gasteiger partial charge in [-0.1, -0.05) is 30.3 Å². The molecule has 10 heteroatoms. The van der Waals surface area contributed by atoms with E-state index in [1.165, 1.54) is 29.2 Å². The van der Waals surface area contributed by atoms with E-state index in [2.05, 4.69) is 64.5 Å². The number of amides is 1. The minimum absolute atomic E-state index is 0.00780. The molecule has 42 heavy (non-hydrogen) atoms. The van der Waals surface area contributed by atoms with Crippen LogP contribution in [0, 0.1) is 12.8 Å². The lowest BCUT2D eigenvalue weighted by molar-refractivity contribution is -0.206. The SMILES string of the molecule is C=CC(=O)N1CCN(C2NC(OCC3CCCN3C)NC3C2CC[C@@]2(Cc4ccc(C)cc4CO2)C3O)CC1CNC. The molecule has 1 amide bonds. The number of aryl methyl sites for hydroxylation is 1. The molecule has 1 aromatic rings. The Kier molecular flexibility index (Phi) is 9.05. The summed E-state index contributed by atoms with van der Waals surface area (Å²) in [6.45, 7) is 11.0. The number of carbonyl (C=O) groups excluding carboxylic acids is 1. The second-order valence-electron chi connectivity index (χ2n) is 13.2. The molecule has 1 spiro atoms. The highest BCUT2D eigenvalue weighted by atomic mass is 16.5. The van der Waals surface area contributed by atoms with E-state index in [0.717, 1.165) is 45.3 Å². The summed E-state index contributed by atoms with van der Waals surface area (Å²) in [4.78, 5) is 19.4. The second-order valence-corrected chi connectivity index (χ2v) is 13.2. The van der Waals surface area contributed by atoms with Gasteiger partial charge in [0.05, 0.1) is 37.1 Å². The number of nitrogens with one attached hydrogen (secondary N) is 3. The van der Waals surface area contributed by atoms with Crippen LogP contribution in [0.4, 0.5) is 0 Å². The molecule has 7 unspecified atom stereocenters. The molecule has 4 fully saturated rings. The van der Waals surface area contributed by atoms with E-state index in [1.54, 1.807) is 0 Å². The average Bonchev–Trinajstić information content (AvgIpc) is 3.42. The van der Waals surface area contributed by atoms with Crippen LogP contribution in [-0.2, 0) is 27.3 Å². The molecule has 0 radical (unpaired) electrons. The minimum Gasteiger partial charge on any atom is -0.388 e. The van der Waals surface area contributed by atoms with E-state index in [4.69, 9.17) is 9.47 Å². The lowest BCUT2D eigenvalue weighted by Crippen LogP contribution is -2.77. The number of ether oxygens (including phenoxy) is 2. The predicted octanol–water partition coefficient (Wildman–Crippen LogP) is 0.778. The Balaban J connectivity index is 1.23. The zero-order valence-corrected chi connectivity index (χ0v) is 25.6. The van der Waals surface area contributed by atoms with Crippen molar-refractivity contribution in [3.8, 4) is 0 Å². The van der Waals surface area contributed by atoms with Crippen LogP contribution in [0.1, 0.15) is 42.4 Å². The third kappa shape index (κ3) is 5.80. The van der Waals surface area contributed by atoms with E-state index in [0.29, 0.717) is 32.3 Å². The van der Waals surface area contributed by atoms with Gasteiger partial charge in [0.15, 0.2) is 6.35 Å². The highest BCUT2D eigenvalue weighted by Gasteiger charge is 2.56. The summed E-state index contributed by atoms with van der Waals surface area (Å²) >= 11 is 0. The molecular weight excluding hydrogens is 532 g/mol. The van der Waals surface area contributed by atoms with Gasteiger partial charge in [0, 0.05) is 50.6 Å². The zero-order chi connectivity index (χ0) is 29.4. The molecular formula is C32H50N6O4. The van der Waals surface area contributed by atoms with Crippen LogP contribution >= 0.6 is 0 Å². The Hall–Kier alpha value is -1.89. The average molecular weight is 583 g/mol. The molecule has 0 aromatic heterocycles. The summed E-state index contributed by atoms with van der Waals surface area (Å²) in [5.41, 5.74) is 3.14. The van der Waals surface area contributed by atoms with Crippen LogP contribution in [0.15, 0.2) is 30.9 Å². The Morgan fingerprint density at radius 2 is 2.10 bits per heavy atom. The van der Waals surface area contributed by atoms with Crippen molar-refractivity contribution < 1.29 is 19.4 Å². The number of carbonyl (C=O) groups is 1. The highest BCUT2D eigenvalue weighted by Crippen LogP contribution is 2.44. The van der Waals surface area contributed by atoms with Crippen molar-refractivity contribution in [1.29, 1.82) is 0 Å². The van der Waals surface area contributed by atoms with Gasteiger partial charge in [-0.15, -0.1) is 0 Å². The van der Waals surface area contributed by atoms with Crippen molar-refractivity contribution >= 4 is 5.91 Å². The fourth-order valence-electron chi connectivity index (χ4n) is 8.20. The Morgan fingerprint density at radius 1 is 1.24 bits per heavy atom. The third-order valence-corrected chi connectivity index (χ3v) is 10.6. The first-order valence-corrected chi connectivity index (χ1v) is 15.9. The van der Waals surface area contributed by atoms with Gasteiger partial charge in [0.1, 0.15) is 0 Å². The van der Waals surface area contributed by atoms with E-state index >= 15 is 0 Å². The number of likely N-dealkylation sites (N-methyl/N-ethyl adjacent to an activating group) is 2. The van der Waals surface area contributed by atoms with E-state index in [9.17, 15) is 9.90 Å². The van der Waals surface area contributed by atoms with Crippen molar-refractivity contribution in [3.63, 3.8) is 0 Å². The Labute approximate surface area is 250 Å². The summed E-state index contributed by atoms with van der Waals surface area (Å²) in [6, 6.07) is 6.85. The number of benzene rings is 1. The molecule has 5 aliphatic rings. The van der Waals surface area contributed by atoms with Gasteiger partial charge >= 0.3 is 0 Å². The maximum absolute atomic E-state index is 12.6. The van der Waals surface area contributed by atoms with Crippen molar-refractivity contribution in [1.82, 2.24) is 30.7 Å². The van der Waals surface area contributed by atoms with Crippen molar-refractivity contribution in [2.24, 2.45) is 5.92 Å². The quantitative estimate of drug-likeness (QED) is 0.348. The molecule has 10 nitrogen and oxygen atoms in total. The van der Waals surface area contributed by atoms with Gasteiger partial charge in [0.25, 0.3) is 0 Å². The first-order valence-electron chi connectivity index (χ1n) is 15.9. The molecule has 232 valence electrons. The van der Waals surface area contributed by atoms with Crippen LogP contribution in [-0.4, -0.2) is 121 Å². The summed E-state index contributed by atoms with van der Waals surface area (Å²) in [5, 5.41) is 22.9. The maximum Gasteiger partial charge on any atom is 0.246 e. The molecule has 1 aromatic carbocycles. The third-order valence-electron chi connectivity index (χ3n) is 10.6. The Morgan fingerprint density at radius 3 is 2.86 bits per heavy atom. The van der Waals surface area contributed by atoms with E-state index in [-0.39, 0.29) is 36.4 Å². The fourth-order valence-corrected chi connectivity index (χ4v) is 8.20. The predicted molar refractivity (Wildman–Crippen MR) is 162 cm³/mol. The molecule has 4 N–H and O–H groups in total. The monoisotopic (exact) mass is 582 g/mol. The smallest absolute Gasteiger partial charge is 0.246 e. The van der Waals surface area contributed by atoms with Crippen molar-refractivity contribution in [3.05, 3.63) is 47.5 Å². The molecule has 1 aliphatic carbocycles. The number of hydrogen-bond acceptors (Lipinski definition) is 9. The largest absolute Gasteiger partial charge is 0.388 e. The van der Waals surface area contributed by atoms with Crippen LogP contribution in [0.25, 0.3) is 0 Å². The number of nitrogens with zero attached hydrogens (tertiary/aromatic N) is 3. The number of hydrogen-bond donors (Lipinski definition) is 4. The number of piperazine rings is 1. The van der Waals surface area contributed by atoms with Crippen LogP contribution in [0.5, 0.6) is 0 Å². The van der Waals surface area contributed by atoms with Crippen LogP contribution in [0.3, 0.4) is 0 Å². The first kappa shape index (κ1) is 30.1. The number of rotatable bonds is 7. The molecule has 4 aliphatic heterocycles. The molecule has 8 atom stereocenters. The van der Waals surface area contributed by atoms with Crippen molar-refractivity contribution in [2.75, 3.05) is 53.4 Å². The summed E-state index contributed by atoms with van der Waals surface area (Å²) in [5.74, 6) is 0.146. The molecule has 6 rings (SSSR count). The number of likely N-dealkylation sites (tertiary alicyclic amines) is 1. The van der Waals surface area contributed by atoms with Gasteiger partial charge in [-0.25, -0.2) is 0 Å². The normalized spacial score (nSPS) is 37.4. The topological polar surface area (TPSA) is 102 Å². The lowest BCUT2D eigenvalue weighted by atomic mass is 9.67. The molecule has 4 heterocycles. The minimum atomic E-state index is -0.674. The molecule has 1 saturated carbocycles. The second kappa shape index (κ2) is 12.6. The lowest BCUT2D eigenvalue weighted by Gasteiger charge is -2.57. The summed E-state index contributed by atoms with van der Waals surface area (Å²) < 4.78 is 13.1. The van der Waals surface area contributed by atoms with Gasteiger partial charge in [-0.2, -0.15) is 0 Å². The van der Waals surface area contributed by atoms with Crippen LogP contribution < -0.4 is 16.0 Å². The fraction of sp³-hybridized carbons (Fsp3) is 0.719. The maximum atomic E-state index is 12.6. The van der Waals surface area contributed by atoms with E-state index < -0.39 is 11.7 Å². The summed E-state index contributed by atoms with van der Waals surface area (Å²) in [6.07, 6.45) is 5.15. The van der Waals surface area contributed by atoms with Gasteiger partial charge in [0.2, 0.25) is 5.91 Å². The Bertz CT molecular complexity index is 1140. The number of aliphatic hydroxyl groups is 1. The molecule has 3 saturated heterocycles. The summed E-state index contributed by atoms with van der Waals surface area (Å²) in [7, 11) is 4.10. The van der Waals surface area contributed by atoms with Gasteiger partial charge in [-0.3, -0.25) is 20.3 Å². The van der Waals surface area contributed by atoms with E-state index in [1.807, 2.05) is 11.9 Å². The van der Waals surface area contributed by atoms with Crippen molar-refractivity contribution in [2.45, 2.75) is 88.0 Å². The first-order chi connectivity index (χ1) is 20.3. The van der Waals surface area contributed by atoms with Crippen LogP contribution in [0.2, 0.25) is 0 Å². The standard InChI is InChI=1S/C32H50N6O4/c1-5-27(39)38-14-13-37(18-25(38)17-33-3)30-26-10-11-32(16-22-9-8-21(2)15-23(22)19-42-32)29(40)28(26)34-31(35-30)41-20-24-7-6-12-36(24)4/h5,8-9,15,24-26,28-31,33-35,40H,1,6-7,10-14,16-20H2,2-4H3/t24?,25?,26?,28?,29?,30?,31?,32-/m1/s1.